The molecule has 0 atom stereocenters. The van der Waals surface area contributed by atoms with Crippen molar-refractivity contribution in [3.63, 3.8) is 0 Å². The Kier molecular flexibility index (Phi) is 4.04. The Morgan fingerprint density at radius 1 is 1.44 bits per heavy atom. The van der Waals surface area contributed by atoms with E-state index in [1.807, 2.05) is 0 Å². The molecule has 1 aromatic rings. The summed E-state index contributed by atoms with van der Waals surface area (Å²) in [5.41, 5.74) is 6.94. The van der Waals surface area contributed by atoms with E-state index in [-0.39, 0.29) is 5.91 Å². The Hall–Kier alpha value is -1.75. The van der Waals surface area contributed by atoms with Crippen LogP contribution in [0.25, 0.3) is 0 Å². The van der Waals surface area contributed by atoms with Gasteiger partial charge in [0.25, 0.3) is 0 Å². The first-order valence-electron chi connectivity index (χ1n) is 6.15. The number of rotatable bonds is 4. The Labute approximate surface area is 107 Å². The molecule has 0 saturated carbocycles. The van der Waals surface area contributed by atoms with E-state index in [1.165, 1.54) is 12.8 Å². The predicted molar refractivity (Wildman–Crippen MR) is 71.7 cm³/mol. The molecule has 1 aliphatic heterocycles. The summed E-state index contributed by atoms with van der Waals surface area (Å²) in [6.45, 7) is 2.45. The van der Waals surface area contributed by atoms with Crippen molar-refractivity contribution in [2.24, 2.45) is 0 Å². The number of nitrogens with zero attached hydrogens (tertiary/aromatic N) is 1. The summed E-state index contributed by atoms with van der Waals surface area (Å²) >= 11 is 0. The van der Waals surface area contributed by atoms with E-state index in [4.69, 9.17) is 10.5 Å². The van der Waals surface area contributed by atoms with Gasteiger partial charge in [0, 0.05) is 11.8 Å². The first-order valence-corrected chi connectivity index (χ1v) is 6.15. The first kappa shape index (κ1) is 12.7. The number of benzene rings is 1. The molecule has 2 rings (SSSR count). The van der Waals surface area contributed by atoms with Crippen molar-refractivity contribution in [2.45, 2.75) is 12.8 Å². The number of amides is 1. The van der Waals surface area contributed by atoms with E-state index in [0.717, 1.165) is 13.1 Å². The highest BCUT2D eigenvalue weighted by molar-refractivity contribution is 5.94. The number of nitrogen functional groups attached to an aromatic ring is 1. The maximum Gasteiger partial charge on any atom is 0.238 e. The van der Waals surface area contributed by atoms with Crippen molar-refractivity contribution in [3.05, 3.63) is 18.2 Å². The molecule has 0 bridgehead atoms. The molecule has 0 aromatic heterocycles. The predicted octanol–water partition coefficient (Wildman–Crippen LogP) is 1.31. The van der Waals surface area contributed by atoms with Crippen LogP contribution in [0.3, 0.4) is 0 Å². The molecule has 0 radical (unpaired) electrons. The lowest BCUT2D eigenvalue weighted by Crippen LogP contribution is -2.30. The average molecular weight is 249 g/mol. The molecule has 1 amide bonds. The van der Waals surface area contributed by atoms with Crippen LogP contribution in [0.1, 0.15) is 12.8 Å². The minimum atomic E-state index is -0.0139. The zero-order valence-electron chi connectivity index (χ0n) is 10.6. The highest BCUT2D eigenvalue weighted by Crippen LogP contribution is 2.26. The van der Waals surface area contributed by atoms with Crippen molar-refractivity contribution in [1.29, 1.82) is 0 Å². The molecule has 5 heteroatoms. The van der Waals surface area contributed by atoms with Crippen molar-refractivity contribution >= 4 is 17.3 Å². The second kappa shape index (κ2) is 5.73. The molecule has 1 heterocycles. The second-order valence-electron chi connectivity index (χ2n) is 4.49. The zero-order chi connectivity index (χ0) is 13.0. The SMILES string of the molecule is COc1cc(N)ccc1NC(=O)CN1CCCC1. The molecule has 1 fully saturated rings. The Bertz CT molecular complexity index is 428. The maximum absolute atomic E-state index is 11.9. The van der Waals surface area contributed by atoms with Gasteiger partial charge in [0.2, 0.25) is 5.91 Å². The molecule has 3 N–H and O–H groups in total. The molecule has 18 heavy (non-hydrogen) atoms. The van der Waals surface area contributed by atoms with E-state index in [9.17, 15) is 4.79 Å². The molecule has 0 unspecified atom stereocenters. The molecule has 1 saturated heterocycles. The van der Waals surface area contributed by atoms with E-state index >= 15 is 0 Å². The summed E-state index contributed by atoms with van der Waals surface area (Å²) in [4.78, 5) is 14.0. The number of ether oxygens (including phenoxy) is 1. The quantitative estimate of drug-likeness (QED) is 0.790. The highest BCUT2D eigenvalue weighted by atomic mass is 16.5. The lowest BCUT2D eigenvalue weighted by atomic mass is 10.2. The molecule has 0 aliphatic carbocycles. The smallest absolute Gasteiger partial charge is 0.238 e. The third kappa shape index (κ3) is 3.13. The van der Waals surface area contributed by atoms with E-state index in [1.54, 1.807) is 25.3 Å². The summed E-state index contributed by atoms with van der Waals surface area (Å²) in [5.74, 6) is 0.574. The topological polar surface area (TPSA) is 67.6 Å². The van der Waals surface area contributed by atoms with Gasteiger partial charge in [-0.3, -0.25) is 9.69 Å². The van der Waals surface area contributed by atoms with Gasteiger partial charge < -0.3 is 15.8 Å². The number of carbonyl (C=O) groups excluding carboxylic acids is 1. The van der Waals surface area contributed by atoms with Crippen LogP contribution in [0.4, 0.5) is 11.4 Å². The van der Waals surface area contributed by atoms with Gasteiger partial charge in [0.1, 0.15) is 5.75 Å². The van der Waals surface area contributed by atoms with E-state index < -0.39 is 0 Å². The largest absolute Gasteiger partial charge is 0.494 e. The molecule has 1 aromatic carbocycles. The van der Waals surface area contributed by atoms with Crippen molar-refractivity contribution in [1.82, 2.24) is 4.90 Å². The summed E-state index contributed by atoms with van der Waals surface area (Å²) < 4.78 is 5.19. The summed E-state index contributed by atoms with van der Waals surface area (Å²) in [6, 6.07) is 5.20. The molecule has 5 nitrogen and oxygen atoms in total. The normalized spacial score (nSPS) is 15.6. The van der Waals surface area contributed by atoms with Crippen LogP contribution >= 0.6 is 0 Å². The lowest BCUT2D eigenvalue weighted by Gasteiger charge is -2.15. The van der Waals surface area contributed by atoms with Crippen molar-refractivity contribution in [3.8, 4) is 5.75 Å². The van der Waals surface area contributed by atoms with Crippen LogP contribution in [-0.2, 0) is 4.79 Å². The third-order valence-corrected chi connectivity index (χ3v) is 3.07. The molecular formula is C13H19N3O2. The fourth-order valence-corrected chi connectivity index (χ4v) is 2.14. The van der Waals surface area contributed by atoms with Gasteiger partial charge in [-0.15, -0.1) is 0 Å². The maximum atomic E-state index is 11.9. The number of anilines is 2. The van der Waals surface area contributed by atoms with Crippen LogP contribution in [0, 0.1) is 0 Å². The first-order chi connectivity index (χ1) is 8.69. The van der Waals surface area contributed by atoms with Gasteiger partial charge in [-0.1, -0.05) is 0 Å². The van der Waals surface area contributed by atoms with Gasteiger partial charge in [0.05, 0.1) is 19.3 Å². The van der Waals surface area contributed by atoms with E-state index in [2.05, 4.69) is 10.2 Å². The van der Waals surface area contributed by atoms with Crippen LogP contribution in [0.5, 0.6) is 5.75 Å². The number of hydrogen-bond donors (Lipinski definition) is 2. The molecular weight excluding hydrogens is 230 g/mol. The minimum absolute atomic E-state index is 0.0139. The minimum Gasteiger partial charge on any atom is -0.494 e. The van der Waals surface area contributed by atoms with Crippen LogP contribution in [-0.4, -0.2) is 37.6 Å². The average Bonchev–Trinajstić information content (AvgIpc) is 2.84. The number of nitrogens with one attached hydrogen (secondary N) is 1. The van der Waals surface area contributed by atoms with Crippen molar-refractivity contribution in [2.75, 3.05) is 37.8 Å². The Morgan fingerprint density at radius 3 is 2.83 bits per heavy atom. The van der Waals surface area contributed by atoms with Crippen LogP contribution in [0.15, 0.2) is 18.2 Å². The van der Waals surface area contributed by atoms with Gasteiger partial charge in [-0.05, 0) is 38.1 Å². The Morgan fingerprint density at radius 2 is 2.17 bits per heavy atom. The standard InChI is InChI=1S/C13H19N3O2/c1-18-12-8-10(14)4-5-11(12)15-13(17)9-16-6-2-3-7-16/h4-5,8H,2-3,6-7,9,14H2,1H3,(H,15,17). The van der Waals surface area contributed by atoms with Crippen molar-refractivity contribution < 1.29 is 9.53 Å². The lowest BCUT2D eigenvalue weighted by molar-refractivity contribution is -0.117. The number of likely N-dealkylation sites (tertiary alicyclic amines) is 1. The van der Waals surface area contributed by atoms with Gasteiger partial charge >= 0.3 is 0 Å². The summed E-state index contributed by atoms with van der Waals surface area (Å²) in [6.07, 6.45) is 2.36. The Balaban J connectivity index is 1.97. The number of nitrogens with two attached hydrogens (primary N) is 1. The second-order valence-corrected chi connectivity index (χ2v) is 4.49. The number of carbonyl (C=O) groups is 1. The summed E-state index contributed by atoms with van der Waals surface area (Å²) in [7, 11) is 1.56. The highest BCUT2D eigenvalue weighted by Gasteiger charge is 2.16. The number of hydrogen-bond acceptors (Lipinski definition) is 4. The van der Waals surface area contributed by atoms with Crippen LogP contribution < -0.4 is 15.8 Å². The fraction of sp³-hybridized carbons (Fsp3) is 0.462. The van der Waals surface area contributed by atoms with Gasteiger partial charge in [0.15, 0.2) is 0 Å². The van der Waals surface area contributed by atoms with Gasteiger partial charge in [-0.25, -0.2) is 0 Å². The van der Waals surface area contributed by atoms with Crippen LogP contribution in [0.2, 0.25) is 0 Å². The molecule has 1 aliphatic rings. The third-order valence-electron chi connectivity index (χ3n) is 3.07. The summed E-state index contributed by atoms with van der Waals surface area (Å²) in [5, 5.41) is 2.85. The fourth-order valence-electron chi connectivity index (χ4n) is 2.14. The van der Waals surface area contributed by atoms with Gasteiger partial charge in [-0.2, -0.15) is 0 Å². The zero-order valence-corrected chi connectivity index (χ0v) is 10.6. The monoisotopic (exact) mass is 249 g/mol. The molecule has 0 spiro atoms. The van der Waals surface area contributed by atoms with E-state index in [0.29, 0.717) is 23.7 Å². The number of methoxy groups -OCH3 is 1. The molecule has 98 valence electrons.